The number of hydrogen-bond acceptors (Lipinski definition) is 1. The van der Waals surface area contributed by atoms with Gasteiger partial charge in [0.25, 0.3) is 16.3 Å². The number of benzene rings is 1. The Balaban J connectivity index is 0.00000135. The number of rotatable bonds is 0. The molecular formula is C18H16AlBkN3. The molecule has 0 N–H and O–H groups in total. The third-order valence-corrected chi connectivity index (χ3v) is 6.25. The third-order valence-electron chi connectivity index (χ3n) is 5.17. The van der Waals surface area contributed by atoms with Crippen LogP contribution in [0.5, 0.6) is 0 Å². The van der Waals surface area contributed by atoms with Crippen molar-refractivity contribution < 1.29 is 4.57 Å². The Kier molecular flexibility index (Phi) is 2.58. The Bertz CT molecular complexity index is 1020. The summed E-state index contributed by atoms with van der Waals surface area (Å²) in [7, 11) is 2.06. The maximum Gasteiger partial charge on any atom is 0.259 e. The van der Waals surface area contributed by atoms with E-state index >= 15 is 0 Å². The van der Waals surface area contributed by atoms with Gasteiger partial charge in [-0.15, -0.1) is 16.6 Å². The molecule has 1 aromatic carbocycles. The summed E-state index contributed by atoms with van der Waals surface area (Å²) >= 11 is 1.10. The number of pyridine rings is 1. The van der Waals surface area contributed by atoms with E-state index in [9.17, 15) is 0 Å². The van der Waals surface area contributed by atoms with Crippen molar-refractivity contribution in [3.05, 3.63) is 58.6 Å². The number of allylic oxidation sites excluding steroid dienone is 1. The van der Waals surface area contributed by atoms with Crippen LogP contribution in [-0.2, 0) is 19.9 Å². The molecule has 0 fully saturated rings. The molecule has 3 aromatic rings. The molecule has 0 atom stereocenters. The zero-order valence-corrected chi connectivity index (χ0v) is 18.2. The standard InChI is InChI=1S/C18H14N3.Al.Bk.2H/c1-11-5-3-6-12-9-13-10-15-19-14-7-4-8-20(2)18(14)21(15)17(13)16(11)12;;;;/h3-4,6-7H,9-10H2,1-2H3;;;;. The van der Waals surface area contributed by atoms with Crippen LogP contribution in [0.15, 0.2) is 29.8 Å². The van der Waals surface area contributed by atoms with E-state index in [1.54, 1.807) is 0 Å². The molecule has 115 valence electrons. The van der Waals surface area contributed by atoms with Crippen LogP contribution in [-0.4, -0.2) is 25.8 Å². The summed E-state index contributed by atoms with van der Waals surface area (Å²) in [6.45, 7) is 2.28. The van der Waals surface area contributed by atoms with Gasteiger partial charge in [0.1, 0.15) is 5.70 Å². The van der Waals surface area contributed by atoms with Crippen molar-refractivity contribution in [1.29, 1.82) is 0 Å². The predicted molar refractivity (Wildman–Crippen MR) is 88.8 cm³/mol. The normalized spacial score (nSPS) is 14.7. The molecule has 5 rings (SSSR count). The van der Waals surface area contributed by atoms with Crippen molar-refractivity contribution >= 4 is 37.6 Å². The molecule has 0 unspecified atom stereocenters. The molecular weight excluding hydrogens is 532 g/mol. The van der Waals surface area contributed by atoms with Crippen LogP contribution < -0.4 is 8.99 Å². The zero-order chi connectivity index (χ0) is 15.0. The molecule has 0 amide bonds. The van der Waals surface area contributed by atoms with Crippen LogP contribution in [0.4, 0.5) is 0 Å². The summed E-state index contributed by atoms with van der Waals surface area (Å²) in [5.41, 5.74) is 9.56. The Morgan fingerprint density at radius 3 is 2.91 bits per heavy atom. The van der Waals surface area contributed by atoms with Gasteiger partial charge < -0.3 is 4.57 Å². The minimum atomic E-state index is 0. The molecule has 1 aliphatic heterocycles. The van der Waals surface area contributed by atoms with Crippen LogP contribution in [0, 0.1) is 13.1 Å². The Hall–Kier alpha value is -2.89. The fourth-order valence-corrected chi connectivity index (χ4v) is 4.42. The SMILES string of the molecule is Cc1[c]([AlH2])ccc2c1C1=C(C2)Cc2nc3cc[c-][n+](C)c3n21.[Bk]. The first-order valence-electron chi connectivity index (χ1n) is 7.75. The van der Waals surface area contributed by atoms with E-state index in [1.165, 1.54) is 38.2 Å². The number of hydrogen-bond donors (Lipinski definition) is 0. The third kappa shape index (κ3) is 1.55. The van der Waals surface area contributed by atoms with Crippen molar-refractivity contribution in [2.75, 3.05) is 0 Å². The van der Waals surface area contributed by atoms with Gasteiger partial charge in [-0.05, 0) is 24.5 Å². The number of nitrogens with zero attached hydrogens (tertiary/aromatic N) is 3. The van der Waals surface area contributed by atoms with E-state index in [1.807, 2.05) is 6.07 Å². The molecule has 5 heteroatoms. The fourth-order valence-electron chi connectivity index (χ4n) is 4.00. The van der Waals surface area contributed by atoms with E-state index in [4.69, 9.17) is 4.98 Å². The zero-order valence-electron chi connectivity index (χ0n) is 13.4. The summed E-state index contributed by atoms with van der Waals surface area (Å²) in [5.74, 6) is 1.18. The van der Waals surface area contributed by atoms with Gasteiger partial charge in [-0.25, -0.2) is 9.55 Å². The Morgan fingerprint density at radius 1 is 1.26 bits per heavy atom. The second kappa shape index (κ2) is 4.32. The first-order valence-corrected chi connectivity index (χ1v) is 8.75. The topological polar surface area (TPSA) is 21.7 Å². The van der Waals surface area contributed by atoms with Crippen molar-refractivity contribution in [2.24, 2.45) is 7.05 Å². The molecule has 23 heavy (non-hydrogen) atoms. The minimum Gasteiger partial charge on any atom is -0.342 e. The number of imidazole rings is 1. The first kappa shape index (κ1) is 13.8. The van der Waals surface area contributed by atoms with Gasteiger partial charge >= 0.3 is 0 Å². The minimum absolute atomic E-state index is 0. The summed E-state index contributed by atoms with van der Waals surface area (Å²) in [4.78, 5) is 4.85. The largest absolute Gasteiger partial charge is 0.342 e. The molecule has 0 spiro atoms. The monoisotopic (exact) mass is 548 g/mol. The van der Waals surface area contributed by atoms with Crippen molar-refractivity contribution in [2.45, 2.75) is 19.8 Å². The average molecular weight is 548 g/mol. The number of aromatic nitrogens is 3. The van der Waals surface area contributed by atoms with Gasteiger partial charge in [0, 0.05) is 17.3 Å². The van der Waals surface area contributed by atoms with Gasteiger partial charge in [0.15, 0.2) is 5.82 Å². The Labute approximate surface area is 137 Å². The number of fused-ring (bicyclic) bond motifs is 6. The summed E-state index contributed by atoms with van der Waals surface area (Å²) in [5, 5.41) is 0. The Morgan fingerprint density at radius 2 is 2.09 bits per heavy atom. The first-order chi connectivity index (χ1) is 10.6. The van der Waals surface area contributed by atoms with Gasteiger partial charge in [0.05, 0.1) is 13.5 Å². The van der Waals surface area contributed by atoms with Gasteiger partial charge in [-0.3, -0.25) is 0 Å². The van der Waals surface area contributed by atoms with E-state index in [0.29, 0.717) is 0 Å². The van der Waals surface area contributed by atoms with Crippen LogP contribution in [0.1, 0.15) is 22.5 Å². The number of aryl methyl sites for hydroxylation is 1. The second-order valence-corrected chi connectivity index (χ2v) is 7.52. The molecule has 1 radical (unpaired) electrons. The van der Waals surface area contributed by atoms with Crippen molar-refractivity contribution in [3.63, 3.8) is 0 Å². The van der Waals surface area contributed by atoms with Crippen LogP contribution in [0.3, 0.4) is 0 Å². The van der Waals surface area contributed by atoms with Gasteiger partial charge in [0.2, 0.25) is 5.65 Å². The maximum atomic E-state index is 4.85. The fraction of sp³-hybridized carbons (Fsp3) is 0.222. The molecule has 2 aromatic heterocycles. The molecule has 2 aliphatic rings. The molecule has 0 saturated carbocycles. The molecule has 3 heterocycles. The molecule has 0 saturated heterocycles. The summed E-state index contributed by atoms with van der Waals surface area (Å²) < 4.78 is 5.95. The summed E-state index contributed by atoms with van der Waals surface area (Å²) in [6, 6.07) is 8.65. The predicted octanol–water partition coefficient (Wildman–Crippen LogP) is 0.599. The second-order valence-electron chi connectivity index (χ2n) is 6.44. The van der Waals surface area contributed by atoms with Crippen molar-refractivity contribution in [1.82, 2.24) is 9.55 Å². The van der Waals surface area contributed by atoms with Gasteiger partial charge in [-0.2, -0.15) is 0 Å². The van der Waals surface area contributed by atoms with E-state index in [0.717, 1.165) is 40.3 Å². The molecule has 1 aliphatic carbocycles. The van der Waals surface area contributed by atoms with Crippen LogP contribution in [0.25, 0.3) is 16.9 Å². The molecule has 3 nitrogen and oxygen atoms in total. The van der Waals surface area contributed by atoms with E-state index in [2.05, 4.69) is 47.5 Å². The maximum absolute atomic E-state index is 4.85. The summed E-state index contributed by atoms with van der Waals surface area (Å²) in [6.07, 6.45) is 5.32. The van der Waals surface area contributed by atoms with E-state index in [-0.39, 0.29) is 0 Å². The van der Waals surface area contributed by atoms with Crippen LogP contribution >= 0.6 is 0 Å². The molecule has 0 bridgehead atoms. The van der Waals surface area contributed by atoms with E-state index < -0.39 is 0 Å². The van der Waals surface area contributed by atoms with Crippen molar-refractivity contribution in [3.8, 4) is 0 Å². The van der Waals surface area contributed by atoms with Crippen LogP contribution in [0.2, 0.25) is 0 Å². The average Bonchev–Trinajstić information content (AvgIpc) is 3.10. The quantitative estimate of drug-likeness (QED) is 0.229. The smallest absolute Gasteiger partial charge is 0.259 e. The van der Waals surface area contributed by atoms with Gasteiger partial charge in [-0.1, -0.05) is 17.7 Å².